The molecular formula is C29H27F3N2O2. The predicted molar refractivity (Wildman–Crippen MR) is 130 cm³/mol. The highest BCUT2D eigenvalue weighted by atomic mass is 19.4. The Hall–Kier alpha value is -3.61. The maximum absolute atomic E-state index is 14.2. The monoisotopic (exact) mass is 492 g/mol. The Morgan fingerprint density at radius 2 is 1.39 bits per heavy atom. The molecule has 0 atom stereocenters. The van der Waals surface area contributed by atoms with E-state index in [0.29, 0.717) is 18.4 Å². The van der Waals surface area contributed by atoms with Crippen molar-refractivity contribution in [2.45, 2.75) is 44.1 Å². The van der Waals surface area contributed by atoms with E-state index in [9.17, 15) is 22.8 Å². The minimum Gasteiger partial charge on any atom is -0.322 e. The Morgan fingerprint density at radius 1 is 0.861 bits per heavy atom. The van der Waals surface area contributed by atoms with Gasteiger partial charge in [-0.05, 0) is 47.6 Å². The summed E-state index contributed by atoms with van der Waals surface area (Å²) < 4.78 is 39.0. The molecular weight excluding hydrogens is 465 g/mol. The normalized spacial score (nSPS) is 22.3. The summed E-state index contributed by atoms with van der Waals surface area (Å²) in [7, 11) is 0. The molecule has 2 fully saturated rings. The molecule has 3 aromatic carbocycles. The fraction of sp³-hybridized carbons (Fsp3) is 0.310. The maximum atomic E-state index is 14.2. The van der Waals surface area contributed by atoms with Gasteiger partial charge < -0.3 is 9.80 Å². The topological polar surface area (TPSA) is 40.6 Å². The van der Waals surface area contributed by atoms with E-state index in [4.69, 9.17) is 0 Å². The van der Waals surface area contributed by atoms with E-state index >= 15 is 0 Å². The lowest BCUT2D eigenvalue weighted by Gasteiger charge is -2.57. The third kappa shape index (κ3) is 4.27. The van der Waals surface area contributed by atoms with Crippen LogP contribution in [0.3, 0.4) is 0 Å². The number of amides is 2. The number of hydrogen-bond acceptors (Lipinski definition) is 2. The first-order chi connectivity index (χ1) is 17.2. The number of carbonyl (C=O) groups excluding carboxylic acids is 2. The van der Waals surface area contributed by atoms with Crippen molar-refractivity contribution in [3.8, 4) is 0 Å². The van der Waals surface area contributed by atoms with E-state index in [1.54, 1.807) is 9.80 Å². The average Bonchev–Trinajstić information content (AvgIpc) is 2.85. The van der Waals surface area contributed by atoms with Gasteiger partial charge in [-0.2, -0.15) is 13.2 Å². The van der Waals surface area contributed by atoms with Crippen LogP contribution in [0.15, 0.2) is 84.9 Å². The maximum Gasteiger partial charge on any atom is 0.416 e. The van der Waals surface area contributed by atoms with Gasteiger partial charge in [0.15, 0.2) is 0 Å². The number of rotatable bonds is 5. The minimum atomic E-state index is -4.43. The van der Waals surface area contributed by atoms with Crippen molar-refractivity contribution >= 4 is 11.8 Å². The molecule has 2 aliphatic rings. The molecule has 0 unspecified atom stereocenters. The van der Waals surface area contributed by atoms with Crippen LogP contribution in [-0.4, -0.2) is 33.7 Å². The molecule has 4 nitrogen and oxygen atoms in total. The van der Waals surface area contributed by atoms with Crippen LogP contribution in [0.1, 0.15) is 48.1 Å². The van der Waals surface area contributed by atoms with Gasteiger partial charge in [-0.25, -0.2) is 0 Å². The third-order valence-electron chi connectivity index (χ3n) is 7.32. The van der Waals surface area contributed by atoms with Crippen molar-refractivity contribution < 1.29 is 22.8 Å². The highest BCUT2D eigenvalue weighted by Crippen LogP contribution is 2.48. The fourth-order valence-corrected chi connectivity index (χ4v) is 5.67. The Labute approximate surface area is 208 Å². The highest BCUT2D eigenvalue weighted by molar-refractivity contribution is 5.99. The van der Waals surface area contributed by atoms with Gasteiger partial charge in [0.25, 0.3) is 0 Å². The first kappa shape index (κ1) is 24.1. The van der Waals surface area contributed by atoms with E-state index < -0.39 is 23.3 Å². The average molecular weight is 493 g/mol. The summed E-state index contributed by atoms with van der Waals surface area (Å²) >= 11 is 0. The molecule has 1 aliphatic carbocycles. The first-order valence-electron chi connectivity index (χ1n) is 12.1. The summed E-state index contributed by atoms with van der Waals surface area (Å²) in [5.74, 6) is -0.0354. The summed E-state index contributed by atoms with van der Waals surface area (Å²) in [5, 5.41) is 0. The molecule has 36 heavy (non-hydrogen) atoms. The van der Waals surface area contributed by atoms with Gasteiger partial charge in [-0.1, -0.05) is 79.7 Å². The van der Waals surface area contributed by atoms with Gasteiger partial charge in [0.2, 0.25) is 11.8 Å². The van der Waals surface area contributed by atoms with Crippen molar-refractivity contribution in [1.29, 1.82) is 0 Å². The minimum absolute atomic E-state index is 0.0932. The molecule has 1 heterocycles. The molecule has 7 heteroatoms. The molecule has 0 N–H and O–H groups in total. The summed E-state index contributed by atoms with van der Waals surface area (Å²) in [4.78, 5) is 31.1. The van der Waals surface area contributed by atoms with Crippen LogP contribution >= 0.6 is 0 Å². The molecule has 0 radical (unpaired) electrons. The number of nitrogens with zero attached hydrogens (tertiary/aromatic N) is 2. The van der Waals surface area contributed by atoms with E-state index in [-0.39, 0.29) is 30.8 Å². The molecule has 3 aromatic rings. The Bertz CT molecular complexity index is 1200. The van der Waals surface area contributed by atoms with Crippen molar-refractivity contribution in [2.75, 3.05) is 6.54 Å². The van der Waals surface area contributed by atoms with Crippen LogP contribution in [0, 0.1) is 5.92 Å². The summed E-state index contributed by atoms with van der Waals surface area (Å²) in [6.45, 7) is 2.05. The van der Waals surface area contributed by atoms with Crippen LogP contribution in [0.5, 0.6) is 0 Å². The van der Waals surface area contributed by atoms with E-state index in [1.807, 2.05) is 67.6 Å². The predicted octanol–water partition coefficient (Wildman–Crippen LogP) is 5.83. The second-order valence-corrected chi connectivity index (χ2v) is 9.88. The zero-order valence-corrected chi connectivity index (χ0v) is 19.9. The molecule has 0 bridgehead atoms. The van der Waals surface area contributed by atoms with Crippen LogP contribution in [0.2, 0.25) is 0 Å². The molecule has 1 spiro atoms. The lowest BCUT2D eigenvalue weighted by molar-refractivity contribution is -0.178. The largest absolute Gasteiger partial charge is 0.416 e. The van der Waals surface area contributed by atoms with Crippen LogP contribution < -0.4 is 0 Å². The molecule has 0 aromatic heterocycles. The number of hydrogen-bond donors (Lipinski definition) is 0. The van der Waals surface area contributed by atoms with Gasteiger partial charge in [0, 0.05) is 6.54 Å². The van der Waals surface area contributed by atoms with Crippen LogP contribution in [-0.2, 0) is 22.3 Å². The summed E-state index contributed by atoms with van der Waals surface area (Å²) in [6.07, 6.45) is -3.36. The van der Waals surface area contributed by atoms with E-state index in [2.05, 4.69) is 0 Å². The Morgan fingerprint density at radius 3 is 1.86 bits per heavy atom. The zero-order valence-electron chi connectivity index (χ0n) is 19.9. The summed E-state index contributed by atoms with van der Waals surface area (Å²) in [5.41, 5.74) is 0.685. The lowest BCUT2D eigenvalue weighted by Crippen LogP contribution is -2.72. The van der Waals surface area contributed by atoms with Crippen molar-refractivity contribution in [1.82, 2.24) is 9.80 Å². The fourth-order valence-electron chi connectivity index (χ4n) is 5.67. The molecule has 1 saturated carbocycles. The van der Waals surface area contributed by atoms with Crippen LogP contribution in [0.25, 0.3) is 0 Å². The molecule has 1 saturated heterocycles. The van der Waals surface area contributed by atoms with Crippen molar-refractivity contribution in [2.24, 2.45) is 5.92 Å². The molecule has 1 aliphatic heterocycles. The number of piperazine rings is 1. The van der Waals surface area contributed by atoms with Gasteiger partial charge in [0.05, 0.1) is 11.6 Å². The third-order valence-corrected chi connectivity index (χ3v) is 7.32. The highest BCUT2D eigenvalue weighted by Gasteiger charge is 2.59. The number of benzene rings is 3. The van der Waals surface area contributed by atoms with Gasteiger partial charge >= 0.3 is 6.18 Å². The van der Waals surface area contributed by atoms with Gasteiger partial charge in [-0.15, -0.1) is 0 Å². The SMILES string of the molecule is CC1CC2(C1)C(=O)N(C(c1ccccc1)c1ccccc1)CC(=O)N2Cc1ccc(C(F)(F)F)cc1. The molecule has 186 valence electrons. The number of halogens is 3. The smallest absolute Gasteiger partial charge is 0.322 e. The molecule has 5 rings (SSSR count). The summed E-state index contributed by atoms with van der Waals surface area (Å²) in [6, 6.07) is 23.7. The second-order valence-electron chi connectivity index (χ2n) is 9.88. The standard InChI is InChI=1S/C29H27F3N2O2/c1-20-16-28(17-20)27(36)33(26(22-8-4-2-5-9-22)23-10-6-3-7-11-23)19-25(35)34(28)18-21-12-14-24(15-13-21)29(30,31)32/h2-15,20,26H,16-19H2,1H3. The Kier molecular flexibility index (Phi) is 6.10. The van der Waals surface area contributed by atoms with E-state index in [0.717, 1.165) is 23.3 Å². The van der Waals surface area contributed by atoms with Crippen molar-refractivity contribution in [3.63, 3.8) is 0 Å². The van der Waals surface area contributed by atoms with Gasteiger partial charge in [0.1, 0.15) is 12.1 Å². The van der Waals surface area contributed by atoms with E-state index in [1.165, 1.54) is 12.1 Å². The number of alkyl halides is 3. The van der Waals surface area contributed by atoms with Crippen molar-refractivity contribution in [3.05, 3.63) is 107 Å². The van der Waals surface area contributed by atoms with Gasteiger partial charge in [-0.3, -0.25) is 9.59 Å². The van der Waals surface area contributed by atoms with Crippen LogP contribution in [0.4, 0.5) is 13.2 Å². The zero-order chi connectivity index (χ0) is 25.5. The number of carbonyl (C=O) groups is 2. The first-order valence-corrected chi connectivity index (χ1v) is 12.1. The quantitative estimate of drug-likeness (QED) is 0.449. The lowest BCUT2D eigenvalue weighted by atomic mass is 9.65. The second kappa shape index (κ2) is 9.12. The Balaban J connectivity index is 1.49. The molecule has 2 amide bonds.